The largest absolute Gasteiger partial charge is 0.497 e. The van der Waals surface area contributed by atoms with Crippen LogP contribution in [0.2, 0.25) is 0 Å². The molecule has 0 radical (unpaired) electrons. The summed E-state index contributed by atoms with van der Waals surface area (Å²) in [5.41, 5.74) is 1.85. The van der Waals surface area contributed by atoms with Gasteiger partial charge in [0, 0.05) is 25.1 Å². The van der Waals surface area contributed by atoms with Crippen molar-refractivity contribution in [3.05, 3.63) is 60.0 Å². The zero-order chi connectivity index (χ0) is 20.2. The molecule has 29 heavy (non-hydrogen) atoms. The Kier molecular flexibility index (Phi) is 5.46. The second kappa shape index (κ2) is 8.34. The van der Waals surface area contributed by atoms with E-state index < -0.39 is 0 Å². The van der Waals surface area contributed by atoms with Crippen LogP contribution < -0.4 is 9.47 Å². The highest BCUT2D eigenvalue weighted by atomic mass is 16.5. The van der Waals surface area contributed by atoms with Crippen LogP contribution in [0.25, 0.3) is 11.4 Å². The summed E-state index contributed by atoms with van der Waals surface area (Å²) in [6.45, 7) is 3.65. The number of hydrogen-bond acceptors (Lipinski definition) is 6. The first-order valence-corrected chi connectivity index (χ1v) is 9.63. The number of amides is 1. The maximum Gasteiger partial charge on any atom is 0.232 e. The standard InChI is InChI=1S/C22H23N3O4/c1-3-28-19-9-4-6-15(10-19)13-25-14-17(12-20(25)26)22-23-21(24-29-22)16-7-5-8-18(11-16)27-2/h4-11,17H,3,12-14H2,1-2H3. The smallest absolute Gasteiger partial charge is 0.232 e. The summed E-state index contributed by atoms with van der Waals surface area (Å²) < 4.78 is 16.3. The number of rotatable bonds is 7. The van der Waals surface area contributed by atoms with Crippen LogP contribution in [0.15, 0.2) is 53.1 Å². The summed E-state index contributed by atoms with van der Waals surface area (Å²) in [6, 6.07) is 15.3. The van der Waals surface area contributed by atoms with Gasteiger partial charge >= 0.3 is 0 Å². The second-order valence-corrected chi connectivity index (χ2v) is 6.94. The van der Waals surface area contributed by atoms with Gasteiger partial charge in [0.2, 0.25) is 17.6 Å². The molecule has 1 aromatic heterocycles. The molecule has 7 nitrogen and oxygen atoms in total. The van der Waals surface area contributed by atoms with Crippen molar-refractivity contribution in [3.63, 3.8) is 0 Å². The minimum Gasteiger partial charge on any atom is -0.497 e. The van der Waals surface area contributed by atoms with Crippen molar-refractivity contribution >= 4 is 5.91 Å². The predicted molar refractivity (Wildman–Crippen MR) is 107 cm³/mol. The Morgan fingerprint density at radius 1 is 1.17 bits per heavy atom. The lowest BCUT2D eigenvalue weighted by Crippen LogP contribution is -2.24. The molecular formula is C22H23N3O4. The van der Waals surface area contributed by atoms with Crippen LogP contribution in [-0.2, 0) is 11.3 Å². The van der Waals surface area contributed by atoms with Gasteiger partial charge in [0.15, 0.2) is 0 Å². The molecule has 1 fully saturated rings. The van der Waals surface area contributed by atoms with Crippen molar-refractivity contribution < 1.29 is 18.8 Å². The third-order valence-electron chi connectivity index (χ3n) is 4.92. The number of ether oxygens (including phenoxy) is 2. The molecule has 7 heteroatoms. The highest BCUT2D eigenvalue weighted by Gasteiger charge is 2.34. The molecule has 2 heterocycles. The lowest BCUT2D eigenvalue weighted by molar-refractivity contribution is -0.128. The number of benzene rings is 2. The first kappa shape index (κ1) is 19.0. The van der Waals surface area contributed by atoms with Gasteiger partial charge in [-0.1, -0.05) is 29.4 Å². The van der Waals surface area contributed by atoms with Crippen LogP contribution in [0.3, 0.4) is 0 Å². The van der Waals surface area contributed by atoms with Crippen molar-refractivity contribution in [2.75, 3.05) is 20.3 Å². The van der Waals surface area contributed by atoms with Gasteiger partial charge < -0.3 is 18.9 Å². The molecule has 1 aliphatic heterocycles. The van der Waals surface area contributed by atoms with Gasteiger partial charge in [-0.15, -0.1) is 0 Å². The molecular weight excluding hydrogens is 370 g/mol. The predicted octanol–water partition coefficient (Wildman–Crippen LogP) is 3.66. The Hall–Kier alpha value is -3.35. The molecule has 3 aromatic rings. The third-order valence-corrected chi connectivity index (χ3v) is 4.92. The molecule has 0 bridgehead atoms. The lowest BCUT2D eigenvalue weighted by Gasteiger charge is -2.16. The Morgan fingerprint density at radius 2 is 2.00 bits per heavy atom. The second-order valence-electron chi connectivity index (χ2n) is 6.94. The normalized spacial score (nSPS) is 16.3. The van der Waals surface area contributed by atoms with E-state index >= 15 is 0 Å². The number of carbonyl (C=O) groups is 1. The van der Waals surface area contributed by atoms with Crippen molar-refractivity contribution in [1.82, 2.24) is 15.0 Å². The monoisotopic (exact) mass is 393 g/mol. The molecule has 4 rings (SSSR count). The number of aromatic nitrogens is 2. The fraction of sp³-hybridized carbons (Fsp3) is 0.318. The van der Waals surface area contributed by atoms with E-state index in [0.29, 0.717) is 37.8 Å². The molecule has 1 amide bonds. The van der Waals surface area contributed by atoms with Crippen LogP contribution in [0.5, 0.6) is 11.5 Å². The summed E-state index contributed by atoms with van der Waals surface area (Å²) in [4.78, 5) is 18.9. The quantitative estimate of drug-likeness (QED) is 0.610. The summed E-state index contributed by atoms with van der Waals surface area (Å²) in [5.74, 6) is 2.50. The van der Waals surface area contributed by atoms with Crippen molar-refractivity contribution in [2.45, 2.75) is 25.8 Å². The van der Waals surface area contributed by atoms with E-state index in [4.69, 9.17) is 14.0 Å². The van der Waals surface area contributed by atoms with Gasteiger partial charge in [0.25, 0.3) is 0 Å². The lowest BCUT2D eigenvalue weighted by atomic mass is 10.1. The molecule has 150 valence electrons. The van der Waals surface area contributed by atoms with E-state index in [-0.39, 0.29) is 11.8 Å². The van der Waals surface area contributed by atoms with Crippen LogP contribution in [0.4, 0.5) is 0 Å². The summed E-state index contributed by atoms with van der Waals surface area (Å²) in [6.07, 6.45) is 0.366. The highest BCUT2D eigenvalue weighted by molar-refractivity contribution is 5.79. The number of carbonyl (C=O) groups excluding carboxylic acids is 1. The Bertz CT molecular complexity index is 1000. The van der Waals surface area contributed by atoms with Gasteiger partial charge in [0.1, 0.15) is 11.5 Å². The minimum absolute atomic E-state index is 0.0814. The van der Waals surface area contributed by atoms with Crippen LogP contribution >= 0.6 is 0 Å². The molecule has 0 spiro atoms. The minimum atomic E-state index is -0.107. The third kappa shape index (κ3) is 4.23. The van der Waals surface area contributed by atoms with Gasteiger partial charge in [-0.25, -0.2) is 0 Å². The van der Waals surface area contributed by atoms with Crippen LogP contribution in [0.1, 0.15) is 30.7 Å². The Balaban J connectivity index is 1.45. The van der Waals surface area contributed by atoms with Gasteiger partial charge in [0.05, 0.1) is 19.6 Å². The molecule has 1 aliphatic rings. The molecule has 2 aromatic carbocycles. The zero-order valence-corrected chi connectivity index (χ0v) is 16.5. The van der Waals surface area contributed by atoms with E-state index in [0.717, 1.165) is 22.6 Å². The summed E-state index contributed by atoms with van der Waals surface area (Å²) >= 11 is 0. The molecule has 0 saturated carbocycles. The van der Waals surface area contributed by atoms with E-state index in [2.05, 4.69) is 10.1 Å². The first-order valence-electron chi connectivity index (χ1n) is 9.63. The molecule has 0 N–H and O–H groups in total. The molecule has 1 atom stereocenters. The fourth-order valence-corrected chi connectivity index (χ4v) is 3.49. The van der Waals surface area contributed by atoms with Gasteiger partial charge in [-0.05, 0) is 36.8 Å². The molecule has 1 saturated heterocycles. The van der Waals surface area contributed by atoms with Crippen molar-refractivity contribution in [3.8, 4) is 22.9 Å². The van der Waals surface area contributed by atoms with Crippen LogP contribution in [0, 0.1) is 0 Å². The number of methoxy groups -OCH3 is 1. The maximum atomic E-state index is 12.5. The summed E-state index contributed by atoms with van der Waals surface area (Å²) in [7, 11) is 1.61. The van der Waals surface area contributed by atoms with Crippen molar-refractivity contribution in [2.24, 2.45) is 0 Å². The Labute approximate surface area is 169 Å². The number of likely N-dealkylation sites (tertiary alicyclic amines) is 1. The van der Waals surface area contributed by atoms with Crippen LogP contribution in [-0.4, -0.2) is 41.2 Å². The van der Waals surface area contributed by atoms with E-state index in [1.54, 1.807) is 7.11 Å². The first-order chi connectivity index (χ1) is 14.2. The van der Waals surface area contributed by atoms with Crippen molar-refractivity contribution in [1.29, 1.82) is 0 Å². The fourth-order valence-electron chi connectivity index (χ4n) is 3.49. The topological polar surface area (TPSA) is 77.7 Å². The van der Waals surface area contributed by atoms with E-state index in [9.17, 15) is 4.79 Å². The Morgan fingerprint density at radius 3 is 2.83 bits per heavy atom. The average Bonchev–Trinajstić information content (AvgIpc) is 3.36. The average molecular weight is 393 g/mol. The maximum absolute atomic E-state index is 12.5. The number of hydrogen-bond donors (Lipinski definition) is 0. The molecule has 1 unspecified atom stereocenters. The number of nitrogens with zero attached hydrogens (tertiary/aromatic N) is 3. The zero-order valence-electron chi connectivity index (χ0n) is 16.5. The van der Waals surface area contributed by atoms with E-state index in [1.807, 2.05) is 60.4 Å². The SMILES string of the molecule is CCOc1cccc(CN2CC(c3nc(-c4cccc(OC)c4)no3)CC2=O)c1. The van der Waals surface area contributed by atoms with Gasteiger partial charge in [-0.3, -0.25) is 4.79 Å². The van der Waals surface area contributed by atoms with Gasteiger partial charge in [-0.2, -0.15) is 4.98 Å². The molecule has 0 aliphatic carbocycles. The highest BCUT2D eigenvalue weighted by Crippen LogP contribution is 2.30. The summed E-state index contributed by atoms with van der Waals surface area (Å²) in [5, 5.41) is 4.08. The van der Waals surface area contributed by atoms with E-state index in [1.165, 1.54) is 0 Å².